The summed E-state index contributed by atoms with van der Waals surface area (Å²) in [5, 5.41) is 3.39. The Hall–Kier alpha value is -2.01. The molecule has 1 aliphatic rings. The molecule has 0 saturated heterocycles. The maximum absolute atomic E-state index is 12.7. The van der Waals surface area contributed by atoms with Gasteiger partial charge in [-0.1, -0.05) is 40.9 Å². The van der Waals surface area contributed by atoms with Crippen molar-refractivity contribution in [2.45, 2.75) is 13.8 Å². The molecule has 0 atom stereocenters. The third-order valence-corrected chi connectivity index (χ3v) is 4.70. The molecule has 3 rings (SSSR count). The van der Waals surface area contributed by atoms with E-state index in [0.29, 0.717) is 15.7 Å². The second kappa shape index (κ2) is 6.71. The Morgan fingerprint density at radius 3 is 2.08 bits per heavy atom. The van der Waals surface area contributed by atoms with Crippen molar-refractivity contribution in [2.24, 2.45) is 0 Å². The van der Waals surface area contributed by atoms with Gasteiger partial charge in [-0.25, -0.2) is 4.90 Å². The number of imide groups is 1. The van der Waals surface area contributed by atoms with E-state index in [0.717, 1.165) is 16.0 Å². The first-order chi connectivity index (χ1) is 11.8. The summed E-state index contributed by atoms with van der Waals surface area (Å²) >= 11 is 18.0. The van der Waals surface area contributed by atoms with Gasteiger partial charge in [-0.05, 0) is 55.3 Å². The summed E-state index contributed by atoms with van der Waals surface area (Å²) in [6, 6.07) is 10.1. The number of carbonyl (C=O) groups excluding carboxylic acids is 2. The molecule has 0 aliphatic carbocycles. The van der Waals surface area contributed by atoms with E-state index in [1.165, 1.54) is 18.2 Å². The standard InChI is InChI=1S/C18H13Cl3N2O2/c1-9-3-4-13(5-10(9)2)22-16-15(21)17(24)23(18(16)25)14-7-11(19)6-12(20)8-14/h3-8,22H,1-2H3. The van der Waals surface area contributed by atoms with Crippen LogP contribution < -0.4 is 10.2 Å². The van der Waals surface area contributed by atoms with E-state index in [-0.39, 0.29) is 16.4 Å². The number of anilines is 2. The van der Waals surface area contributed by atoms with Gasteiger partial charge in [0.15, 0.2) is 0 Å². The van der Waals surface area contributed by atoms with E-state index in [9.17, 15) is 9.59 Å². The van der Waals surface area contributed by atoms with Crippen molar-refractivity contribution in [3.8, 4) is 0 Å². The number of rotatable bonds is 3. The van der Waals surface area contributed by atoms with Crippen molar-refractivity contribution in [3.05, 3.63) is 68.3 Å². The molecule has 0 saturated carbocycles. The van der Waals surface area contributed by atoms with Crippen molar-refractivity contribution < 1.29 is 9.59 Å². The zero-order valence-corrected chi connectivity index (χ0v) is 15.6. The van der Waals surface area contributed by atoms with Gasteiger partial charge in [-0.15, -0.1) is 0 Å². The normalized spacial score (nSPS) is 14.5. The molecular formula is C18H13Cl3N2O2. The number of halogens is 3. The minimum Gasteiger partial charge on any atom is -0.350 e. The molecular weight excluding hydrogens is 383 g/mol. The molecule has 0 spiro atoms. The van der Waals surface area contributed by atoms with Crippen molar-refractivity contribution >= 4 is 58.0 Å². The average molecular weight is 396 g/mol. The van der Waals surface area contributed by atoms with E-state index >= 15 is 0 Å². The molecule has 7 heteroatoms. The van der Waals surface area contributed by atoms with E-state index in [4.69, 9.17) is 34.8 Å². The molecule has 0 fully saturated rings. The van der Waals surface area contributed by atoms with Gasteiger partial charge in [0, 0.05) is 15.7 Å². The maximum Gasteiger partial charge on any atom is 0.283 e. The lowest BCUT2D eigenvalue weighted by Gasteiger charge is -2.16. The monoisotopic (exact) mass is 394 g/mol. The third kappa shape index (κ3) is 3.38. The average Bonchev–Trinajstić information content (AvgIpc) is 2.73. The Morgan fingerprint density at radius 1 is 0.840 bits per heavy atom. The lowest BCUT2D eigenvalue weighted by atomic mass is 10.1. The summed E-state index contributed by atoms with van der Waals surface area (Å²) in [5.74, 6) is -1.19. The lowest BCUT2D eigenvalue weighted by Crippen LogP contribution is -2.32. The van der Waals surface area contributed by atoms with Crippen LogP contribution in [-0.4, -0.2) is 11.8 Å². The van der Waals surface area contributed by atoms with E-state index in [1.807, 2.05) is 32.0 Å². The van der Waals surface area contributed by atoms with Crippen molar-refractivity contribution in [1.29, 1.82) is 0 Å². The van der Waals surface area contributed by atoms with Gasteiger partial charge in [-0.3, -0.25) is 9.59 Å². The molecule has 2 amide bonds. The van der Waals surface area contributed by atoms with Gasteiger partial charge in [-0.2, -0.15) is 0 Å². The van der Waals surface area contributed by atoms with Gasteiger partial charge in [0.2, 0.25) is 0 Å². The predicted octanol–water partition coefficient (Wildman–Crippen LogP) is 5.05. The Kier molecular flexibility index (Phi) is 4.78. The molecule has 1 aliphatic heterocycles. The second-order valence-corrected chi connectivity index (χ2v) is 6.94. The fourth-order valence-corrected chi connectivity index (χ4v) is 3.20. The van der Waals surface area contributed by atoms with Gasteiger partial charge in [0.05, 0.1) is 5.69 Å². The summed E-state index contributed by atoms with van der Waals surface area (Å²) in [4.78, 5) is 26.1. The van der Waals surface area contributed by atoms with Crippen LogP contribution >= 0.6 is 34.8 Å². The Bertz CT molecular complexity index is 918. The first kappa shape index (κ1) is 17.8. The van der Waals surface area contributed by atoms with Crippen molar-refractivity contribution in [2.75, 3.05) is 10.2 Å². The molecule has 0 radical (unpaired) electrons. The topological polar surface area (TPSA) is 49.4 Å². The van der Waals surface area contributed by atoms with Crippen LogP contribution in [0, 0.1) is 13.8 Å². The van der Waals surface area contributed by atoms with Crippen molar-refractivity contribution in [3.63, 3.8) is 0 Å². The summed E-state index contributed by atoms with van der Waals surface area (Å²) < 4.78 is 0. The number of nitrogens with one attached hydrogen (secondary N) is 1. The highest BCUT2D eigenvalue weighted by molar-refractivity contribution is 6.53. The number of benzene rings is 2. The number of carbonyl (C=O) groups is 2. The molecule has 0 bridgehead atoms. The summed E-state index contributed by atoms with van der Waals surface area (Å²) in [7, 11) is 0. The van der Waals surface area contributed by atoms with Crippen LogP contribution in [0.3, 0.4) is 0 Å². The number of amides is 2. The van der Waals surface area contributed by atoms with Gasteiger partial charge >= 0.3 is 0 Å². The second-order valence-electron chi connectivity index (χ2n) is 5.69. The molecule has 0 aromatic heterocycles. The summed E-state index contributed by atoms with van der Waals surface area (Å²) in [6.07, 6.45) is 0. The SMILES string of the molecule is Cc1ccc(NC2=C(Cl)C(=O)N(c3cc(Cl)cc(Cl)c3)C2=O)cc1C. The smallest absolute Gasteiger partial charge is 0.283 e. The van der Waals surface area contributed by atoms with Gasteiger partial charge in [0.1, 0.15) is 10.7 Å². The van der Waals surface area contributed by atoms with Gasteiger partial charge in [0.25, 0.3) is 11.8 Å². The largest absolute Gasteiger partial charge is 0.350 e. The molecule has 2 aromatic rings. The van der Waals surface area contributed by atoms with Crippen molar-refractivity contribution in [1.82, 2.24) is 0 Å². The quantitative estimate of drug-likeness (QED) is 0.740. The Labute approximate surface area is 160 Å². The molecule has 1 heterocycles. The fourth-order valence-electron chi connectivity index (χ4n) is 2.48. The number of hydrogen-bond donors (Lipinski definition) is 1. The molecule has 0 unspecified atom stereocenters. The van der Waals surface area contributed by atoms with E-state index in [2.05, 4.69) is 5.32 Å². The minimum absolute atomic E-state index is 0.0195. The zero-order valence-electron chi connectivity index (χ0n) is 13.4. The number of nitrogens with zero attached hydrogens (tertiary/aromatic N) is 1. The lowest BCUT2D eigenvalue weighted by molar-refractivity contribution is -0.120. The highest BCUT2D eigenvalue weighted by atomic mass is 35.5. The summed E-state index contributed by atoms with van der Waals surface area (Å²) in [5.41, 5.74) is 3.13. The highest BCUT2D eigenvalue weighted by Gasteiger charge is 2.39. The third-order valence-electron chi connectivity index (χ3n) is 3.91. The maximum atomic E-state index is 12.7. The molecule has 4 nitrogen and oxygen atoms in total. The molecule has 128 valence electrons. The van der Waals surface area contributed by atoms with Crippen LogP contribution in [0.2, 0.25) is 10.0 Å². The molecule has 1 N–H and O–H groups in total. The van der Waals surface area contributed by atoms with Crippen LogP contribution in [0.25, 0.3) is 0 Å². The van der Waals surface area contributed by atoms with Crippen LogP contribution in [0.15, 0.2) is 47.1 Å². The zero-order chi connectivity index (χ0) is 18.3. The minimum atomic E-state index is -0.628. The number of hydrogen-bond acceptors (Lipinski definition) is 3. The predicted molar refractivity (Wildman–Crippen MR) is 101 cm³/mol. The first-order valence-corrected chi connectivity index (χ1v) is 8.50. The fraction of sp³-hybridized carbons (Fsp3) is 0.111. The van der Waals surface area contributed by atoms with E-state index < -0.39 is 11.8 Å². The van der Waals surface area contributed by atoms with E-state index in [1.54, 1.807) is 0 Å². The van der Waals surface area contributed by atoms with Crippen LogP contribution in [0.1, 0.15) is 11.1 Å². The first-order valence-electron chi connectivity index (χ1n) is 7.37. The van der Waals surface area contributed by atoms with Crippen LogP contribution in [-0.2, 0) is 9.59 Å². The Balaban J connectivity index is 1.95. The number of aryl methyl sites for hydroxylation is 2. The van der Waals surface area contributed by atoms with Gasteiger partial charge < -0.3 is 5.32 Å². The highest BCUT2D eigenvalue weighted by Crippen LogP contribution is 2.33. The van der Waals surface area contributed by atoms with Crippen LogP contribution in [0.5, 0.6) is 0 Å². The Morgan fingerprint density at radius 2 is 1.48 bits per heavy atom. The molecule has 2 aromatic carbocycles. The van der Waals surface area contributed by atoms with Crippen LogP contribution in [0.4, 0.5) is 11.4 Å². The summed E-state index contributed by atoms with van der Waals surface area (Å²) in [6.45, 7) is 3.94. The molecule has 25 heavy (non-hydrogen) atoms.